The molecular formula is C11H8O. The number of para-hydroxylation sites is 1. The molecule has 0 spiro atoms. The first-order chi connectivity index (χ1) is 5.88. The SMILES string of the molecule is C#CC#Cc1ccccc1OC. The summed E-state index contributed by atoms with van der Waals surface area (Å²) in [6, 6.07) is 7.49. The Morgan fingerprint density at radius 2 is 2.08 bits per heavy atom. The Balaban J connectivity index is 3.07. The first-order valence-corrected chi connectivity index (χ1v) is 3.48. The molecule has 12 heavy (non-hydrogen) atoms. The van der Waals surface area contributed by atoms with Gasteiger partial charge in [0.2, 0.25) is 0 Å². The summed E-state index contributed by atoms with van der Waals surface area (Å²) in [5, 5.41) is 0. The van der Waals surface area contributed by atoms with E-state index >= 15 is 0 Å². The van der Waals surface area contributed by atoms with Crippen LogP contribution < -0.4 is 4.74 Å². The normalized spacial score (nSPS) is 7.67. The minimum atomic E-state index is 0.750. The molecule has 0 unspecified atom stereocenters. The van der Waals surface area contributed by atoms with Gasteiger partial charge in [-0.15, -0.1) is 6.42 Å². The van der Waals surface area contributed by atoms with Gasteiger partial charge in [0.1, 0.15) is 5.75 Å². The fourth-order valence-electron chi connectivity index (χ4n) is 0.851. The van der Waals surface area contributed by atoms with Crippen LogP contribution in [-0.4, -0.2) is 7.11 Å². The molecule has 0 aromatic heterocycles. The van der Waals surface area contributed by atoms with Crippen molar-refractivity contribution in [3.8, 4) is 29.9 Å². The van der Waals surface area contributed by atoms with Gasteiger partial charge in [0.15, 0.2) is 0 Å². The van der Waals surface area contributed by atoms with Crippen LogP contribution in [0.5, 0.6) is 5.75 Å². The fraction of sp³-hybridized carbons (Fsp3) is 0.0909. The average molecular weight is 156 g/mol. The van der Waals surface area contributed by atoms with Gasteiger partial charge in [-0.1, -0.05) is 12.1 Å². The highest BCUT2D eigenvalue weighted by molar-refractivity contribution is 5.47. The Bertz CT molecular complexity index is 361. The van der Waals surface area contributed by atoms with Crippen molar-refractivity contribution in [3.05, 3.63) is 29.8 Å². The number of hydrogen-bond acceptors (Lipinski definition) is 1. The maximum Gasteiger partial charge on any atom is 0.134 e. The smallest absolute Gasteiger partial charge is 0.134 e. The van der Waals surface area contributed by atoms with E-state index in [-0.39, 0.29) is 0 Å². The van der Waals surface area contributed by atoms with Crippen molar-refractivity contribution in [2.75, 3.05) is 7.11 Å². The molecule has 1 heteroatoms. The maximum absolute atomic E-state index is 5.07. The van der Waals surface area contributed by atoms with Gasteiger partial charge >= 0.3 is 0 Å². The highest BCUT2D eigenvalue weighted by Crippen LogP contribution is 2.15. The lowest BCUT2D eigenvalue weighted by molar-refractivity contribution is 0.413. The summed E-state index contributed by atoms with van der Waals surface area (Å²) in [5.74, 6) is 8.34. The summed E-state index contributed by atoms with van der Waals surface area (Å²) < 4.78 is 5.07. The molecular weight excluding hydrogens is 148 g/mol. The maximum atomic E-state index is 5.07. The number of ether oxygens (including phenoxy) is 1. The molecule has 1 aromatic carbocycles. The minimum Gasteiger partial charge on any atom is -0.495 e. The third-order valence-corrected chi connectivity index (χ3v) is 1.38. The van der Waals surface area contributed by atoms with Gasteiger partial charge in [-0.25, -0.2) is 0 Å². The largest absolute Gasteiger partial charge is 0.495 e. The van der Waals surface area contributed by atoms with Gasteiger partial charge in [0.05, 0.1) is 12.7 Å². The molecule has 1 aromatic rings. The summed E-state index contributed by atoms with van der Waals surface area (Å²) in [7, 11) is 1.61. The quantitative estimate of drug-likeness (QED) is 0.562. The number of methoxy groups -OCH3 is 1. The van der Waals surface area contributed by atoms with Crippen LogP contribution in [0.2, 0.25) is 0 Å². The summed E-state index contributed by atoms with van der Waals surface area (Å²) in [6.07, 6.45) is 5.00. The zero-order valence-electron chi connectivity index (χ0n) is 6.79. The molecule has 0 radical (unpaired) electrons. The Hall–Kier alpha value is -1.86. The molecule has 1 rings (SSSR count). The van der Waals surface area contributed by atoms with Gasteiger partial charge < -0.3 is 4.74 Å². The van der Waals surface area contributed by atoms with E-state index in [2.05, 4.69) is 17.8 Å². The topological polar surface area (TPSA) is 9.23 Å². The number of hydrogen-bond donors (Lipinski definition) is 0. The summed E-state index contributed by atoms with van der Waals surface area (Å²) in [6.45, 7) is 0. The average Bonchev–Trinajstić information content (AvgIpc) is 2.15. The van der Waals surface area contributed by atoms with Crippen molar-refractivity contribution < 1.29 is 4.74 Å². The number of benzene rings is 1. The molecule has 0 aliphatic heterocycles. The van der Waals surface area contributed by atoms with Crippen molar-refractivity contribution in [2.45, 2.75) is 0 Å². The minimum absolute atomic E-state index is 0.750. The molecule has 0 saturated heterocycles. The van der Waals surface area contributed by atoms with Crippen LogP contribution in [0.4, 0.5) is 0 Å². The molecule has 0 aliphatic rings. The van der Waals surface area contributed by atoms with Crippen LogP contribution in [0.3, 0.4) is 0 Å². The lowest BCUT2D eigenvalue weighted by Crippen LogP contribution is -1.85. The van der Waals surface area contributed by atoms with Gasteiger partial charge in [0, 0.05) is 0 Å². The van der Waals surface area contributed by atoms with Crippen LogP contribution in [-0.2, 0) is 0 Å². The van der Waals surface area contributed by atoms with Crippen LogP contribution in [0, 0.1) is 24.2 Å². The zero-order chi connectivity index (χ0) is 8.81. The van der Waals surface area contributed by atoms with Gasteiger partial charge in [0.25, 0.3) is 0 Å². The van der Waals surface area contributed by atoms with Crippen LogP contribution in [0.15, 0.2) is 24.3 Å². The monoisotopic (exact) mass is 156 g/mol. The summed E-state index contributed by atoms with van der Waals surface area (Å²) in [4.78, 5) is 0. The molecule has 1 nitrogen and oxygen atoms in total. The molecule has 0 amide bonds. The van der Waals surface area contributed by atoms with E-state index in [0.29, 0.717) is 0 Å². The second kappa shape index (κ2) is 4.11. The highest BCUT2D eigenvalue weighted by atomic mass is 16.5. The standard InChI is InChI=1S/C11H8O/c1-3-4-7-10-8-5-6-9-11(10)12-2/h1,5-6,8-9H,2H3. The second-order valence-corrected chi connectivity index (χ2v) is 2.09. The molecule has 0 atom stereocenters. The molecule has 0 aliphatic carbocycles. The van der Waals surface area contributed by atoms with E-state index in [1.165, 1.54) is 0 Å². The highest BCUT2D eigenvalue weighted by Gasteiger charge is 1.95. The third-order valence-electron chi connectivity index (χ3n) is 1.38. The molecule has 58 valence electrons. The summed E-state index contributed by atoms with van der Waals surface area (Å²) >= 11 is 0. The Morgan fingerprint density at radius 1 is 1.33 bits per heavy atom. The van der Waals surface area contributed by atoms with Crippen molar-refractivity contribution in [1.29, 1.82) is 0 Å². The number of rotatable bonds is 1. The van der Waals surface area contributed by atoms with Gasteiger partial charge in [-0.05, 0) is 29.9 Å². The van der Waals surface area contributed by atoms with E-state index in [9.17, 15) is 0 Å². The predicted molar refractivity (Wildman–Crippen MR) is 48.7 cm³/mol. The number of terminal acetylenes is 1. The first kappa shape index (κ1) is 8.24. The Labute approximate surface area is 72.4 Å². The lowest BCUT2D eigenvalue weighted by Gasteiger charge is -2.00. The zero-order valence-corrected chi connectivity index (χ0v) is 6.79. The summed E-state index contributed by atoms with van der Waals surface area (Å²) in [5.41, 5.74) is 0.818. The van der Waals surface area contributed by atoms with E-state index in [1.807, 2.05) is 24.3 Å². The van der Waals surface area contributed by atoms with E-state index in [4.69, 9.17) is 11.2 Å². The first-order valence-electron chi connectivity index (χ1n) is 3.48. The predicted octanol–water partition coefficient (Wildman–Crippen LogP) is 1.68. The molecule has 0 saturated carbocycles. The van der Waals surface area contributed by atoms with Crippen LogP contribution in [0.25, 0.3) is 0 Å². The van der Waals surface area contributed by atoms with Crippen molar-refractivity contribution in [2.24, 2.45) is 0 Å². The van der Waals surface area contributed by atoms with Crippen LogP contribution >= 0.6 is 0 Å². The molecule has 0 bridgehead atoms. The molecule has 0 fully saturated rings. The molecule has 0 N–H and O–H groups in total. The molecule has 0 heterocycles. The second-order valence-electron chi connectivity index (χ2n) is 2.09. The van der Waals surface area contributed by atoms with E-state index in [1.54, 1.807) is 7.11 Å². The van der Waals surface area contributed by atoms with Gasteiger partial charge in [-0.3, -0.25) is 0 Å². The van der Waals surface area contributed by atoms with Crippen LogP contribution in [0.1, 0.15) is 5.56 Å². The van der Waals surface area contributed by atoms with Gasteiger partial charge in [-0.2, -0.15) is 0 Å². The van der Waals surface area contributed by atoms with E-state index < -0.39 is 0 Å². The fourth-order valence-corrected chi connectivity index (χ4v) is 0.851. The van der Waals surface area contributed by atoms with Crippen molar-refractivity contribution >= 4 is 0 Å². The van der Waals surface area contributed by atoms with Crippen molar-refractivity contribution in [1.82, 2.24) is 0 Å². The Kier molecular flexibility index (Phi) is 2.82. The van der Waals surface area contributed by atoms with Crippen molar-refractivity contribution in [3.63, 3.8) is 0 Å². The third kappa shape index (κ3) is 1.81. The van der Waals surface area contributed by atoms with E-state index in [0.717, 1.165) is 11.3 Å². The Morgan fingerprint density at radius 3 is 2.75 bits per heavy atom. The lowest BCUT2D eigenvalue weighted by atomic mass is 10.2.